The number of hydrogen-bond donors (Lipinski definition) is 0. The Bertz CT molecular complexity index is 873. The molecule has 0 amide bonds. The third-order valence-corrected chi connectivity index (χ3v) is 4.76. The first-order chi connectivity index (χ1) is 11.6. The van der Waals surface area contributed by atoms with Gasteiger partial charge in [-0.2, -0.15) is 0 Å². The van der Waals surface area contributed by atoms with Crippen LogP contribution in [0.4, 0.5) is 0 Å². The summed E-state index contributed by atoms with van der Waals surface area (Å²) in [5.41, 5.74) is 0. The average molecular weight is 342 g/mol. The molecule has 3 rings (SSSR count). The fraction of sp³-hybridized carbons (Fsp3) is 0.235. The van der Waals surface area contributed by atoms with Gasteiger partial charge in [0.15, 0.2) is 11.0 Å². The standard InChI is InChI=1S/C17H17N3O3S/c1-11(16(21)22)24-17-19-18-15(20(17)2)10-23-14-9-5-7-12-6-3-4-8-13(12)14/h3-9,11H,10H2,1-2H3,(H,21,22)/p-1/t11-/m0/s1. The van der Waals surface area contributed by atoms with Crippen LogP contribution in [-0.4, -0.2) is 26.0 Å². The molecule has 0 bridgehead atoms. The van der Waals surface area contributed by atoms with Crippen molar-refractivity contribution in [2.45, 2.75) is 23.9 Å². The molecule has 2 aromatic carbocycles. The largest absolute Gasteiger partial charge is 0.549 e. The number of nitrogens with zero attached hydrogens (tertiary/aromatic N) is 3. The molecule has 3 aromatic rings. The lowest BCUT2D eigenvalue weighted by molar-refractivity contribution is -0.304. The molecular weight excluding hydrogens is 326 g/mol. The number of carbonyl (C=O) groups excluding carboxylic acids is 1. The number of rotatable bonds is 6. The van der Waals surface area contributed by atoms with Crippen molar-refractivity contribution in [3.8, 4) is 5.75 Å². The van der Waals surface area contributed by atoms with Crippen LogP contribution >= 0.6 is 11.8 Å². The van der Waals surface area contributed by atoms with E-state index in [9.17, 15) is 9.90 Å². The molecule has 24 heavy (non-hydrogen) atoms. The second-order valence-electron chi connectivity index (χ2n) is 5.30. The zero-order valence-electron chi connectivity index (χ0n) is 13.3. The molecule has 7 heteroatoms. The molecule has 0 fully saturated rings. The first-order valence-electron chi connectivity index (χ1n) is 7.42. The third-order valence-electron chi connectivity index (χ3n) is 3.65. The number of carboxylic acids is 1. The van der Waals surface area contributed by atoms with E-state index in [2.05, 4.69) is 10.2 Å². The molecule has 0 radical (unpaired) electrons. The summed E-state index contributed by atoms with van der Waals surface area (Å²) in [6.45, 7) is 1.80. The van der Waals surface area contributed by atoms with Crippen LogP contribution < -0.4 is 9.84 Å². The van der Waals surface area contributed by atoms with Crippen LogP contribution in [0, 0.1) is 0 Å². The van der Waals surface area contributed by atoms with E-state index < -0.39 is 11.2 Å². The van der Waals surface area contributed by atoms with Gasteiger partial charge in [-0.25, -0.2) is 0 Å². The van der Waals surface area contributed by atoms with Crippen molar-refractivity contribution in [1.82, 2.24) is 14.8 Å². The lowest BCUT2D eigenvalue weighted by Gasteiger charge is -2.12. The normalized spacial score (nSPS) is 12.2. The van der Waals surface area contributed by atoms with Gasteiger partial charge >= 0.3 is 0 Å². The number of aliphatic carboxylic acids is 1. The highest BCUT2D eigenvalue weighted by Crippen LogP contribution is 2.26. The third kappa shape index (κ3) is 3.35. The van der Waals surface area contributed by atoms with E-state index >= 15 is 0 Å². The zero-order chi connectivity index (χ0) is 17.1. The smallest absolute Gasteiger partial charge is 0.191 e. The molecule has 0 aliphatic carbocycles. The molecule has 1 heterocycles. The van der Waals surface area contributed by atoms with Gasteiger partial charge in [0.2, 0.25) is 0 Å². The van der Waals surface area contributed by atoms with Gasteiger partial charge in [-0.15, -0.1) is 10.2 Å². The van der Waals surface area contributed by atoms with E-state index in [0.29, 0.717) is 11.0 Å². The number of hydrogen-bond acceptors (Lipinski definition) is 6. The first kappa shape index (κ1) is 16.3. The van der Waals surface area contributed by atoms with Crippen LogP contribution in [0.3, 0.4) is 0 Å². The Morgan fingerprint density at radius 1 is 1.25 bits per heavy atom. The summed E-state index contributed by atoms with van der Waals surface area (Å²) in [6.07, 6.45) is 0. The van der Waals surface area contributed by atoms with E-state index in [1.54, 1.807) is 18.5 Å². The maximum absolute atomic E-state index is 10.8. The zero-order valence-corrected chi connectivity index (χ0v) is 14.1. The lowest BCUT2D eigenvalue weighted by Crippen LogP contribution is -2.31. The molecule has 0 spiro atoms. The second kappa shape index (κ2) is 6.92. The molecule has 0 aliphatic heterocycles. The van der Waals surface area contributed by atoms with E-state index in [0.717, 1.165) is 28.3 Å². The van der Waals surface area contributed by atoms with Gasteiger partial charge in [-0.05, 0) is 18.4 Å². The summed E-state index contributed by atoms with van der Waals surface area (Å²) >= 11 is 1.10. The van der Waals surface area contributed by atoms with Crippen LogP contribution in [-0.2, 0) is 18.4 Å². The van der Waals surface area contributed by atoms with E-state index in [1.807, 2.05) is 42.5 Å². The lowest BCUT2D eigenvalue weighted by atomic mass is 10.1. The number of benzene rings is 2. The fourth-order valence-electron chi connectivity index (χ4n) is 2.24. The molecule has 1 atom stereocenters. The average Bonchev–Trinajstić information content (AvgIpc) is 2.93. The highest BCUT2D eigenvalue weighted by atomic mass is 32.2. The van der Waals surface area contributed by atoms with Crippen molar-refractivity contribution in [3.05, 3.63) is 48.3 Å². The van der Waals surface area contributed by atoms with E-state index in [1.165, 1.54) is 0 Å². The maximum Gasteiger partial charge on any atom is 0.191 e. The van der Waals surface area contributed by atoms with Crippen molar-refractivity contribution in [3.63, 3.8) is 0 Å². The molecule has 0 saturated carbocycles. The number of aromatic nitrogens is 3. The van der Waals surface area contributed by atoms with Crippen molar-refractivity contribution in [2.24, 2.45) is 7.05 Å². The molecular formula is C17H16N3O3S-. The molecule has 0 aliphatic rings. The van der Waals surface area contributed by atoms with Crippen molar-refractivity contribution < 1.29 is 14.6 Å². The Kier molecular flexibility index (Phi) is 4.71. The predicted octanol–water partition coefficient (Wildman–Crippen LogP) is 1.78. The number of ether oxygens (including phenoxy) is 1. The summed E-state index contributed by atoms with van der Waals surface area (Å²) < 4.78 is 7.62. The Morgan fingerprint density at radius 3 is 2.79 bits per heavy atom. The summed E-state index contributed by atoms with van der Waals surface area (Å²) in [6, 6.07) is 13.9. The number of thioether (sulfide) groups is 1. The van der Waals surface area contributed by atoms with E-state index in [-0.39, 0.29) is 6.61 Å². The topological polar surface area (TPSA) is 80.1 Å². The summed E-state index contributed by atoms with van der Waals surface area (Å²) in [5.74, 6) is 0.265. The number of carbonyl (C=O) groups is 1. The molecule has 1 aromatic heterocycles. The predicted molar refractivity (Wildman–Crippen MR) is 89.6 cm³/mol. The molecule has 6 nitrogen and oxygen atoms in total. The van der Waals surface area contributed by atoms with Gasteiger partial charge in [0.05, 0.1) is 5.97 Å². The van der Waals surface area contributed by atoms with Gasteiger partial charge in [0.25, 0.3) is 0 Å². The van der Waals surface area contributed by atoms with Crippen LogP contribution in [0.5, 0.6) is 5.75 Å². The summed E-state index contributed by atoms with van der Waals surface area (Å²) in [5, 5.41) is 20.9. The Hall–Kier alpha value is -2.54. The minimum absolute atomic E-state index is 0.248. The first-order valence-corrected chi connectivity index (χ1v) is 8.30. The van der Waals surface area contributed by atoms with Crippen LogP contribution in [0.15, 0.2) is 47.6 Å². The van der Waals surface area contributed by atoms with Crippen molar-refractivity contribution in [2.75, 3.05) is 0 Å². The van der Waals surface area contributed by atoms with Gasteiger partial charge in [0.1, 0.15) is 12.4 Å². The van der Waals surface area contributed by atoms with Crippen LogP contribution in [0.1, 0.15) is 12.7 Å². The minimum atomic E-state index is -1.13. The SMILES string of the molecule is C[C@H](Sc1nnc(COc2cccc3ccccc23)n1C)C(=O)[O-]. The quantitative estimate of drug-likeness (QED) is 0.635. The molecule has 0 N–H and O–H groups in total. The summed E-state index contributed by atoms with van der Waals surface area (Å²) in [4.78, 5) is 10.8. The van der Waals surface area contributed by atoms with Crippen LogP contribution in [0.2, 0.25) is 0 Å². The minimum Gasteiger partial charge on any atom is -0.549 e. The Morgan fingerprint density at radius 2 is 2.00 bits per heavy atom. The molecule has 0 saturated heterocycles. The second-order valence-corrected chi connectivity index (χ2v) is 6.61. The Labute approximate surface area is 143 Å². The van der Waals surface area contributed by atoms with Gasteiger partial charge in [-0.1, -0.05) is 48.2 Å². The van der Waals surface area contributed by atoms with Gasteiger partial charge < -0.3 is 19.2 Å². The van der Waals surface area contributed by atoms with E-state index in [4.69, 9.17) is 4.74 Å². The monoisotopic (exact) mass is 342 g/mol. The molecule has 0 unspecified atom stereocenters. The highest BCUT2D eigenvalue weighted by molar-refractivity contribution is 8.00. The maximum atomic E-state index is 10.8. The number of carboxylic acid groups (broad SMARTS) is 1. The van der Waals surface area contributed by atoms with Gasteiger partial charge in [0, 0.05) is 17.7 Å². The fourth-order valence-corrected chi connectivity index (χ4v) is 3.01. The van der Waals surface area contributed by atoms with Crippen molar-refractivity contribution >= 4 is 28.5 Å². The number of fused-ring (bicyclic) bond motifs is 1. The van der Waals surface area contributed by atoms with Gasteiger partial charge in [-0.3, -0.25) is 0 Å². The summed E-state index contributed by atoms with van der Waals surface area (Å²) in [7, 11) is 1.78. The van der Waals surface area contributed by atoms with Crippen molar-refractivity contribution in [1.29, 1.82) is 0 Å². The van der Waals surface area contributed by atoms with Crippen LogP contribution in [0.25, 0.3) is 10.8 Å². The Balaban J connectivity index is 1.75. The molecule has 124 valence electrons. The highest BCUT2D eigenvalue weighted by Gasteiger charge is 2.14.